The second-order valence-corrected chi connectivity index (χ2v) is 6.09. The zero-order valence-electron chi connectivity index (χ0n) is 11.4. The average Bonchev–Trinajstić information content (AvgIpc) is 2.45. The molecule has 1 N–H and O–H groups in total. The fraction of sp³-hybridized carbons (Fsp3) is 0.600. The molecular formula is C15H20BrF2NO. The molecule has 1 aliphatic carbocycles. The summed E-state index contributed by atoms with van der Waals surface area (Å²) in [5.74, 6) is 0.539. The highest BCUT2D eigenvalue weighted by atomic mass is 79.9. The van der Waals surface area contributed by atoms with Crippen LogP contribution in [0.1, 0.15) is 37.7 Å². The molecule has 1 fully saturated rings. The Kier molecular flexibility index (Phi) is 6.23. The summed E-state index contributed by atoms with van der Waals surface area (Å²) in [6.45, 7) is 0.0980. The minimum absolute atomic E-state index is 0.533. The molecular weight excluding hydrogens is 328 g/mol. The second kappa shape index (κ2) is 7.93. The first-order valence-corrected chi connectivity index (χ1v) is 7.87. The summed E-state index contributed by atoms with van der Waals surface area (Å²) in [4.78, 5) is 0. The van der Waals surface area contributed by atoms with E-state index in [0.717, 1.165) is 10.0 Å². The van der Waals surface area contributed by atoms with Crippen LogP contribution < -0.4 is 10.1 Å². The number of hydrogen-bond donors (Lipinski definition) is 1. The van der Waals surface area contributed by atoms with Gasteiger partial charge in [-0.25, -0.2) is 8.78 Å². The largest absolute Gasteiger partial charge is 0.487 e. The van der Waals surface area contributed by atoms with Gasteiger partial charge in [-0.05, 0) is 31.0 Å². The molecule has 1 aliphatic rings. The molecule has 0 amide bonds. The van der Waals surface area contributed by atoms with Crippen molar-refractivity contribution in [3.05, 3.63) is 28.2 Å². The van der Waals surface area contributed by atoms with Crippen LogP contribution in [0.15, 0.2) is 22.7 Å². The summed E-state index contributed by atoms with van der Waals surface area (Å²) in [7, 11) is 0. The Balaban J connectivity index is 1.95. The van der Waals surface area contributed by atoms with Gasteiger partial charge in [-0.2, -0.15) is 0 Å². The van der Waals surface area contributed by atoms with Gasteiger partial charge >= 0.3 is 0 Å². The Bertz CT molecular complexity index is 422. The average molecular weight is 348 g/mol. The molecule has 0 radical (unpaired) electrons. The van der Waals surface area contributed by atoms with Crippen molar-refractivity contribution in [1.82, 2.24) is 5.32 Å². The lowest BCUT2D eigenvalue weighted by Gasteiger charge is -2.23. The third-order valence-corrected chi connectivity index (χ3v) is 4.07. The molecule has 1 aromatic carbocycles. The number of halogens is 3. The maximum Gasteiger partial charge on any atom is 0.272 e. The minimum Gasteiger partial charge on any atom is -0.487 e. The highest BCUT2D eigenvalue weighted by Crippen LogP contribution is 2.25. The summed E-state index contributed by atoms with van der Waals surface area (Å²) in [6, 6.07) is 6.01. The van der Waals surface area contributed by atoms with Gasteiger partial charge in [0.15, 0.2) is 0 Å². The van der Waals surface area contributed by atoms with Crippen LogP contribution in [-0.4, -0.2) is 19.1 Å². The third kappa shape index (κ3) is 5.02. The van der Waals surface area contributed by atoms with E-state index in [1.807, 2.05) is 12.1 Å². The molecule has 0 bridgehead atoms. The fourth-order valence-corrected chi connectivity index (χ4v) is 2.95. The second-order valence-electron chi connectivity index (χ2n) is 5.17. The van der Waals surface area contributed by atoms with Gasteiger partial charge < -0.3 is 10.1 Å². The Morgan fingerprint density at radius 1 is 1.25 bits per heavy atom. The molecule has 0 aromatic heterocycles. The Morgan fingerprint density at radius 2 is 2.00 bits per heavy atom. The number of nitrogens with one attached hydrogen (secondary N) is 1. The first-order valence-electron chi connectivity index (χ1n) is 7.08. The topological polar surface area (TPSA) is 21.3 Å². The van der Waals surface area contributed by atoms with E-state index in [4.69, 9.17) is 4.74 Å². The van der Waals surface area contributed by atoms with Crippen LogP contribution in [0.4, 0.5) is 8.78 Å². The number of hydrogen-bond acceptors (Lipinski definition) is 2. The molecule has 1 aromatic rings. The van der Waals surface area contributed by atoms with Crippen LogP contribution in [0.5, 0.6) is 5.75 Å². The van der Waals surface area contributed by atoms with Gasteiger partial charge in [0.05, 0.1) is 0 Å². The molecule has 5 heteroatoms. The maximum atomic E-state index is 12.3. The Labute approximate surface area is 127 Å². The van der Waals surface area contributed by atoms with E-state index in [0.29, 0.717) is 18.3 Å². The maximum absolute atomic E-state index is 12.3. The van der Waals surface area contributed by atoms with Crippen LogP contribution in [0.2, 0.25) is 0 Å². The molecule has 20 heavy (non-hydrogen) atoms. The molecule has 0 heterocycles. The summed E-state index contributed by atoms with van der Waals surface area (Å²) in [5, 5.41) is 3.50. The molecule has 2 rings (SSSR count). The zero-order valence-corrected chi connectivity index (χ0v) is 13.0. The summed E-state index contributed by atoms with van der Waals surface area (Å²) >= 11 is 3.41. The number of ether oxygens (including phenoxy) is 1. The number of alkyl halides is 2. The molecule has 1 saturated carbocycles. The van der Waals surface area contributed by atoms with Crippen molar-refractivity contribution in [2.75, 3.05) is 6.61 Å². The minimum atomic E-state index is -2.45. The summed E-state index contributed by atoms with van der Waals surface area (Å²) in [6.07, 6.45) is 3.80. The van der Waals surface area contributed by atoms with Gasteiger partial charge in [-0.15, -0.1) is 0 Å². The third-order valence-electron chi connectivity index (χ3n) is 3.57. The van der Waals surface area contributed by atoms with E-state index in [-0.39, 0.29) is 0 Å². The monoisotopic (exact) mass is 347 g/mol. The number of benzene rings is 1. The van der Waals surface area contributed by atoms with Crippen LogP contribution >= 0.6 is 15.9 Å². The van der Waals surface area contributed by atoms with E-state index in [9.17, 15) is 8.78 Å². The van der Waals surface area contributed by atoms with E-state index >= 15 is 0 Å². The van der Waals surface area contributed by atoms with Crippen molar-refractivity contribution in [3.63, 3.8) is 0 Å². The summed E-state index contributed by atoms with van der Waals surface area (Å²) in [5.41, 5.74) is 0.922. The zero-order chi connectivity index (χ0) is 14.4. The van der Waals surface area contributed by atoms with Crippen LogP contribution in [0.25, 0.3) is 0 Å². The SMILES string of the molecule is FC(F)COc1ccc(Br)cc1CNC1CCCCC1. The molecule has 0 atom stereocenters. The van der Waals surface area contributed by atoms with E-state index < -0.39 is 13.0 Å². The van der Waals surface area contributed by atoms with Gasteiger partial charge in [0.2, 0.25) is 0 Å². The van der Waals surface area contributed by atoms with Gasteiger partial charge in [-0.1, -0.05) is 35.2 Å². The van der Waals surface area contributed by atoms with Gasteiger partial charge in [0.1, 0.15) is 12.4 Å². The number of rotatable bonds is 6. The lowest BCUT2D eigenvalue weighted by Crippen LogP contribution is -2.30. The lowest BCUT2D eigenvalue weighted by molar-refractivity contribution is 0.0813. The first kappa shape index (κ1) is 15.7. The normalized spacial score (nSPS) is 16.6. The fourth-order valence-electron chi connectivity index (χ4n) is 2.54. The van der Waals surface area contributed by atoms with Crippen LogP contribution in [-0.2, 0) is 6.54 Å². The predicted molar refractivity (Wildman–Crippen MR) is 79.4 cm³/mol. The molecule has 0 saturated heterocycles. The van der Waals surface area contributed by atoms with Crippen LogP contribution in [0.3, 0.4) is 0 Å². The van der Waals surface area contributed by atoms with Gasteiger partial charge in [0.25, 0.3) is 6.43 Å². The van der Waals surface area contributed by atoms with E-state index in [2.05, 4.69) is 21.2 Å². The molecule has 112 valence electrons. The van der Waals surface area contributed by atoms with Crippen molar-refractivity contribution >= 4 is 15.9 Å². The smallest absolute Gasteiger partial charge is 0.272 e. The Hall–Kier alpha value is -0.680. The van der Waals surface area contributed by atoms with Crippen molar-refractivity contribution in [2.45, 2.75) is 51.1 Å². The van der Waals surface area contributed by atoms with Crippen molar-refractivity contribution < 1.29 is 13.5 Å². The van der Waals surface area contributed by atoms with Gasteiger partial charge in [-0.3, -0.25) is 0 Å². The molecule has 2 nitrogen and oxygen atoms in total. The highest BCUT2D eigenvalue weighted by molar-refractivity contribution is 9.10. The lowest BCUT2D eigenvalue weighted by atomic mass is 9.95. The molecule has 0 aliphatic heterocycles. The van der Waals surface area contributed by atoms with Crippen molar-refractivity contribution in [3.8, 4) is 5.75 Å². The van der Waals surface area contributed by atoms with Crippen molar-refractivity contribution in [2.24, 2.45) is 0 Å². The predicted octanol–water partition coefficient (Wildman–Crippen LogP) is 4.52. The van der Waals surface area contributed by atoms with Gasteiger partial charge in [0, 0.05) is 22.6 Å². The quantitative estimate of drug-likeness (QED) is 0.816. The summed E-state index contributed by atoms with van der Waals surface area (Å²) < 4.78 is 30.6. The first-order chi connectivity index (χ1) is 9.65. The molecule has 0 spiro atoms. The van der Waals surface area contributed by atoms with Crippen molar-refractivity contribution in [1.29, 1.82) is 0 Å². The standard InChI is InChI=1S/C15H20BrF2NO/c16-12-6-7-14(20-10-15(17)18)11(8-12)9-19-13-4-2-1-3-5-13/h6-8,13,15,19H,1-5,9-10H2. The van der Waals surface area contributed by atoms with E-state index in [1.54, 1.807) is 6.07 Å². The molecule has 0 unspecified atom stereocenters. The van der Waals surface area contributed by atoms with E-state index in [1.165, 1.54) is 32.1 Å². The highest BCUT2D eigenvalue weighted by Gasteiger charge is 2.14. The Morgan fingerprint density at radius 3 is 2.70 bits per heavy atom. The van der Waals surface area contributed by atoms with Crippen LogP contribution in [0, 0.1) is 0 Å².